The minimum Gasteiger partial charge on any atom is -0.325 e. The van der Waals surface area contributed by atoms with Crippen LogP contribution < -0.4 is 10.6 Å². The molecule has 0 saturated carbocycles. The van der Waals surface area contributed by atoms with Crippen LogP contribution in [0.2, 0.25) is 10.0 Å². The zero-order valence-corrected chi connectivity index (χ0v) is 14.6. The van der Waals surface area contributed by atoms with Crippen molar-refractivity contribution in [2.75, 3.05) is 5.32 Å². The summed E-state index contributed by atoms with van der Waals surface area (Å²) in [5, 5.41) is 7.27. The molecular weight excluding hydrogens is 375 g/mol. The van der Waals surface area contributed by atoms with E-state index in [1.54, 1.807) is 12.1 Å². The van der Waals surface area contributed by atoms with Crippen LogP contribution in [0.15, 0.2) is 16.6 Å². The number of benzene rings is 1. The third-order valence-electron chi connectivity index (χ3n) is 4.35. The number of carbonyl (C=O) groups is 1. The molecule has 2 atom stereocenters. The number of piperidine rings is 1. The first-order valence-electron chi connectivity index (χ1n) is 7.22. The molecule has 0 radical (unpaired) electrons. The second kappa shape index (κ2) is 6.45. The quantitative estimate of drug-likeness (QED) is 0.738. The number of hydrogen-bond acceptors (Lipinski definition) is 2. The van der Waals surface area contributed by atoms with Crippen molar-refractivity contribution in [2.45, 2.75) is 44.2 Å². The SMILES string of the molecule is O=C(CC1CC2CCC(C1)N2)Nc1ccc(Br)c(Cl)c1Cl. The third-order valence-corrected chi connectivity index (χ3v) is 6.13. The van der Waals surface area contributed by atoms with Crippen LogP contribution in [0, 0.1) is 5.92 Å². The van der Waals surface area contributed by atoms with Crippen molar-refractivity contribution in [2.24, 2.45) is 5.92 Å². The molecule has 2 aliphatic heterocycles. The summed E-state index contributed by atoms with van der Waals surface area (Å²) in [6, 6.07) is 4.76. The lowest BCUT2D eigenvalue weighted by Gasteiger charge is -2.28. The molecule has 1 aromatic rings. The van der Waals surface area contributed by atoms with Crippen LogP contribution in [0.1, 0.15) is 32.1 Å². The average molecular weight is 392 g/mol. The van der Waals surface area contributed by atoms with Gasteiger partial charge in [-0.1, -0.05) is 23.2 Å². The summed E-state index contributed by atoms with van der Waals surface area (Å²) in [6.45, 7) is 0. The summed E-state index contributed by atoms with van der Waals surface area (Å²) < 4.78 is 0.724. The van der Waals surface area contributed by atoms with Gasteiger partial charge >= 0.3 is 0 Å². The molecular formula is C15H17BrCl2N2O. The Labute approximate surface area is 142 Å². The molecule has 1 amide bonds. The normalized spacial score (nSPS) is 27.7. The maximum absolute atomic E-state index is 12.2. The molecule has 0 aromatic heterocycles. The molecule has 2 N–H and O–H groups in total. The first-order valence-corrected chi connectivity index (χ1v) is 8.77. The van der Waals surface area contributed by atoms with Crippen LogP contribution in [-0.4, -0.2) is 18.0 Å². The van der Waals surface area contributed by atoms with Crippen LogP contribution in [0.5, 0.6) is 0 Å². The maximum Gasteiger partial charge on any atom is 0.224 e. The first-order chi connectivity index (χ1) is 10.0. The van der Waals surface area contributed by atoms with Gasteiger partial charge in [0.25, 0.3) is 0 Å². The highest BCUT2D eigenvalue weighted by atomic mass is 79.9. The predicted molar refractivity (Wildman–Crippen MR) is 90.1 cm³/mol. The van der Waals surface area contributed by atoms with Crippen molar-refractivity contribution in [3.63, 3.8) is 0 Å². The predicted octanol–water partition coefficient (Wildman–Crippen LogP) is 4.62. The van der Waals surface area contributed by atoms with E-state index in [-0.39, 0.29) is 5.91 Å². The molecule has 114 valence electrons. The lowest BCUT2D eigenvalue weighted by molar-refractivity contribution is -0.117. The Morgan fingerprint density at radius 2 is 1.90 bits per heavy atom. The zero-order valence-electron chi connectivity index (χ0n) is 11.5. The molecule has 6 heteroatoms. The lowest BCUT2D eigenvalue weighted by Crippen LogP contribution is -2.39. The molecule has 3 rings (SSSR count). The molecule has 2 heterocycles. The van der Waals surface area contributed by atoms with Crippen molar-refractivity contribution >= 4 is 50.7 Å². The lowest BCUT2D eigenvalue weighted by atomic mass is 9.89. The number of hydrogen-bond donors (Lipinski definition) is 2. The molecule has 21 heavy (non-hydrogen) atoms. The van der Waals surface area contributed by atoms with Gasteiger partial charge < -0.3 is 10.6 Å². The van der Waals surface area contributed by atoms with Gasteiger partial charge in [-0.3, -0.25) is 4.79 Å². The van der Waals surface area contributed by atoms with Crippen LogP contribution in [0.25, 0.3) is 0 Å². The summed E-state index contributed by atoms with van der Waals surface area (Å²) in [5.74, 6) is 0.482. The van der Waals surface area contributed by atoms with Gasteiger partial charge in [0.1, 0.15) is 0 Å². The first kappa shape index (κ1) is 15.6. The van der Waals surface area contributed by atoms with Crippen molar-refractivity contribution < 1.29 is 4.79 Å². The molecule has 2 bridgehead atoms. The monoisotopic (exact) mass is 390 g/mol. The minimum atomic E-state index is 0.0154. The van der Waals surface area contributed by atoms with E-state index >= 15 is 0 Å². The van der Waals surface area contributed by atoms with E-state index in [1.165, 1.54) is 12.8 Å². The van der Waals surface area contributed by atoms with Gasteiger partial charge in [-0.2, -0.15) is 0 Å². The summed E-state index contributed by atoms with van der Waals surface area (Å²) in [4.78, 5) is 12.2. The summed E-state index contributed by atoms with van der Waals surface area (Å²) in [5.41, 5.74) is 0.576. The molecule has 2 unspecified atom stereocenters. The Bertz CT molecular complexity index is 555. The molecule has 1 aromatic carbocycles. The van der Waals surface area contributed by atoms with E-state index in [2.05, 4.69) is 26.6 Å². The van der Waals surface area contributed by atoms with E-state index in [1.807, 2.05) is 0 Å². The highest BCUT2D eigenvalue weighted by molar-refractivity contribution is 9.10. The number of anilines is 1. The number of nitrogens with one attached hydrogen (secondary N) is 2. The number of fused-ring (bicyclic) bond motifs is 2. The Morgan fingerprint density at radius 3 is 2.57 bits per heavy atom. The standard InChI is InChI=1S/C15H17BrCl2N2O/c16-11-3-4-12(15(18)14(11)17)20-13(21)7-8-5-9-1-2-10(6-8)19-9/h3-4,8-10,19H,1-2,5-7H2,(H,20,21). The Balaban J connectivity index is 1.61. The maximum atomic E-state index is 12.2. The van der Waals surface area contributed by atoms with E-state index in [9.17, 15) is 4.79 Å². The number of amides is 1. The van der Waals surface area contributed by atoms with Crippen molar-refractivity contribution in [1.29, 1.82) is 0 Å². The molecule has 2 saturated heterocycles. The van der Waals surface area contributed by atoms with Gasteiger partial charge in [-0.15, -0.1) is 0 Å². The number of halogens is 3. The topological polar surface area (TPSA) is 41.1 Å². The van der Waals surface area contributed by atoms with Gasteiger partial charge in [0, 0.05) is 23.0 Å². The highest BCUT2D eigenvalue weighted by Crippen LogP contribution is 2.36. The van der Waals surface area contributed by atoms with E-state index in [0.717, 1.165) is 17.3 Å². The number of carbonyl (C=O) groups excluding carboxylic acids is 1. The van der Waals surface area contributed by atoms with Crippen LogP contribution >= 0.6 is 39.1 Å². The van der Waals surface area contributed by atoms with E-state index in [4.69, 9.17) is 23.2 Å². The summed E-state index contributed by atoms with van der Waals surface area (Å²) >= 11 is 15.5. The Morgan fingerprint density at radius 1 is 1.24 bits per heavy atom. The summed E-state index contributed by atoms with van der Waals surface area (Å²) in [7, 11) is 0. The van der Waals surface area contributed by atoms with Crippen LogP contribution in [0.4, 0.5) is 5.69 Å². The van der Waals surface area contributed by atoms with Crippen LogP contribution in [0.3, 0.4) is 0 Å². The fourth-order valence-corrected chi connectivity index (χ4v) is 4.25. The Kier molecular flexibility index (Phi) is 4.79. The number of rotatable bonds is 3. The average Bonchev–Trinajstić information content (AvgIpc) is 2.79. The van der Waals surface area contributed by atoms with Crippen molar-refractivity contribution in [3.8, 4) is 0 Å². The van der Waals surface area contributed by atoms with E-state index < -0.39 is 0 Å². The third kappa shape index (κ3) is 3.55. The van der Waals surface area contributed by atoms with Crippen molar-refractivity contribution in [3.05, 3.63) is 26.7 Å². The van der Waals surface area contributed by atoms with Crippen molar-refractivity contribution in [1.82, 2.24) is 5.32 Å². The van der Waals surface area contributed by atoms with Gasteiger partial charge in [0.15, 0.2) is 0 Å². The second-order valence-corrected chi connectivity index (χ2v) is 7.56. The van der Waals surface area contributed by atoms with E-state index in [0.29, 0.717) is 40.2 Å². The fourth-order valence-electron chi connectivity index (χ4n) is 3.43. The van der Waals surface area contributed by atoms with Gasteiger partial charge in [-0.05, 0) is 59.7 Å². The molecule has 2 fully saturated rings. The largest absolute Gasteiger partial charge is 0.325 e. The van der Waals surface area contributed by atoms with Gasteiger partial charge in [0.05, 0.1) is 15.7 Å². The molecule has 0 aliphatic carbocycles. The van der Waals surface area contributed by atoms with Gasteiger partial charge in [0.2, 0.25) is 5.91 Å². The smallest absolute Gasteiger partial charge is 0.224 e. The Hall–Kier alpha value is -0.290. The molecule has 3 nitrogen and oxygen atoms in total. The highest BCUT2D eigenvalue weighted by Gasteiger charge is 2.34. The zero-order chi connectivity index (χ0) is 15.0. The minimum absolute atomic E-state index is 0.0154. The fraction of sp³-hybridized carbons (Fsp3) is 0.533. The second-order valence-electron chi connectivity index (χ2n) is 5.95. The molecule has 2 aliphatic rings. The molecule has 0 spiro atoms. The summed E-state index contributed by atoms with van der Waals surface area (Å²) in [6.07, 6.45) is 5.24. The van der Waals surface area contributed by atoms with Gasteiger partial charge in [-0.25, -0.2) is 0 Å². The van der Waals surface area contributed by atoms with Crippen LogP contribution in [-0.2, 0) is 4.79 Å².